The van der Waals surface area contributed by atoms with Gasteiger partial charge in [-0.25, -0.2) is 4.98 Å². The molecule has 1 N–H and O–H groups in total. The quantitative estimate of drug-likeness (QED) is 0.182. The second-order valence-corrected chi connectivity index (χ2v) is 16.3. The van der Waals surface area contributed by atoms with E-state index in [0.29, 0.717) is 0 Å². The molecule has 0 saturated carbocycles. The predicted molar refractivity (Wildman–Crippen MR) is 262 cm³/mol. The van der Waals surface area contributed by atoms with Gasteiger partial charge in [-0.2, -0.15) is 0 Å². The van der Waals surface area contributed by atoms with Crippen molar-refractivity contribution in [1.29, 1.82) is 0 Å². The molecule has 0 unspecified atom stereocenters. The average Bonchev–Trinajstić information content (AvgIpc) is 4.02. The number of nitrogens with one attached hydrogen (secondary N) is 1. The zero-order valence-electron chi connectivity index (χ0n) is 34.1. The van der Waals surface area contributed by atoms with Crippen molar-refractivity contribution in [3.8, 4) is 56.1 Å². The van der Waals surface area contributed by atoms with Gasteiger partial charge in [0.15, 0.2) is 0 Å². The second-order valence-electron chi connectivity index (χ2n) is 16.3. The second kappa shape index (κ2) is 14.0. The number of H-pyrrole nitrogens is 1. The topological polar surface area (TPSA) is 51.4 Å². The van der Waals surface area contributed by atoms with E-state index in [1.54, 1.807) is 0 Å². The summed E-state index contributed by atoms with van der Waals surface area (Å²) in [6.07, 6.45) is 4.02. The molecule has 0 aliphatic heterocycles. The lowest BCUT2D eigenvalue weighted by Gasteiger charge is -2.11. The predicted octanol–water partition coefficient (Wildman–Crippen LogP) is 15.0. The molecule has 0 atom stereocenters. The molecule has 0 spiro atoms. The number of aromatic amines is 1. The molecule has 5 nitrogen and oxygen atoms in total. The number of hydrogen-bond donors (Lipinski definition) is 1. The molecule has 0 radical (unpaired) electrons. The van der Waals surface area contributed by atoms with E-state index in [1.165, 1.54) is 49.1 Å². The van der Waals surface area contributed by atoms with E-state index in [1.807, 2.05) is 12.4 Å². The molecule has 13 aromatic rings. The SMILES string of the molecule is c1ccc(-c2ccc3c(c2)c2ccccc2n3-c2ccc(-c3cc(-c4ccc(-c5ccc6c(c5)c5ccccc5n6-c5ccccc5)cn4)cc4c3[nH]c3ccccc34)cn2)cc1. The van der Waals surface area contributed by atoms with Gasteiger partial charge >= 0.3 is 0 Å². The molecule has 294 valence electrons. The smallest absolute Gasteiger partial charge is 0.137 e. The van der Waals surface area contributed by atoms with Crippen molar-refractivity contribution in [3.05, 3.63) is 219 Å². The van der Waals surface area contributed by atoms with Gasteiger partial charge in [0.25, 0.3) is 0 Å². The molecular weight excluding hydrogens is 767 g/mol. The molecule has 63 heavy (non-hydrogen) atoms. The molecule has 13 rings (SSSR count). The first kappa shape index (κ1) is 35.2. The maximum absolute atomic E-state index is 5.18. The molecule has 8 aromatic carbocycles. The minimum Gasteiger partial charge on any atom is -0.354 e. The minimum atomic E-state index is 0.876. The van der Waals surface area contributed by atoms with Crippen LogP contribution >= 0.6 is 0 Å². The lowest BCUT2D eigenvalue weighted by Crippen LogP contribution is -1.97. The number of para-hydroxylation sites is 4. The van der Waals surface area contributed by atoms with Crippen LogP contribution in [0, 0.1) is 0 Å². The largest absolute Gasteiger partial charge is 0.354 e. The lowest BCUT2D eigenvalue weighted by atomic mass is 9.97. The third-order valence-electron chi connectivity index (χ3n) is 12.8. The van der Waals surface area contributed by atoms with Crippen LogP contribution in [0.3, 0.4) is 0 Å². The van der Waals surface area contributed by atoms with Crippen LogP contribution in [-0.4, -0.2) is 24.1 Å². The van der Waals surface area contributed by atoms with Crippen molar-refractivity contribution < 1.29 is 0 Å². The molecule has 0 aliphatic rings. The molecular formula is C58H37N5. The fourth-order valence-electron chi connectivity index (χ4n) is 9.78. The Morgan fingerprint density at radius 3 is 1.59 bits per heavy atom. The normalized spacial score (nSPS) is 11.8. The van der Waals surface area contributed by atoms with Crippen molar-refractivity contribution in [1.82, 2.24) is 24.1 Å². The van der Waals surface area contributed by atoms with Crippen LogP contribution < -0.4 is 0 Å². The summed E-state index contributed by atoms with van der Waals surface area (Å²) in [4.78, 5) is 14.0. The number of fused-ring (bicyclic) bond motifs is 9. The summed E-state index contributed by atoms with van der Waals surface area (Å²) < 4.78 is 4.63. The fraction of sp³-hybridized carbons (Fsp3) is 0. The Balaban J connectivity index is 0.897. The van der Waals surface area contributed by atoms with Crippen LogP contribution in [0.2, 0.25) is 0 Å². The van der Waals surface area contributed by atoms with Gasteiger partial charge in [0.05, 0.1) is 33.3 Å². The van der Waals surface area contributed by atoms with Crippen molar-refractivity contribution in [2.75, 3.05) is 0 Å². The highest BCUT2D eigenvalue weighted by atomic mass is 15.1. The van der Waals surface area contributed by atoms with Gasteiger partial charge in [-0.1, -0.05) is 121 Å². The van der Waals surface area contributed by atoms with E-state index < -0.39 is 0 Å². The van der Waals surface area contributed by atoms with Crippen molar-refractivity contribution in [2.45, 2.75) is 0 Å². The van der Waals surface area contributed by atoms with Crippen molar-refractivity contribution >= 4 is 65.4 Å². The Kier molecular flexibility index (Phi) is 7.84. The highest BCUT2D eigenvalue weighted by molar-refractivity contribution is 6.14. The van der Waals surface area contributed by atoms with E-state index in [4.69, 9.17) is 9.97 Å². The van der Waals surface area contributed by atoms with Crippen LogP contribution in [0.4, 0.5) is 0 Å². The van der Waals surface area contributed by atoms with Crippen molar-refractivity contribution in [2.24, 2.45) is 0 Å². The minimum absolute atomic E-state index is 0.876. The van der Waals surface area contributed by atoms with Gasteiger partial charge in [0.2, 0.25) is 0 Å². The number of rotatable bonds is 6. The number of aromatic nitrogens is 5. The van der Waals surface area contributed by atoms with Crippen LogP contribution in [0.25, 0.3) is 122 Å². The zero-order chi connectivity index (χ0) is 41.4. The number of pyridine rings is 2. The Morgan fingerprint density at radius 2 is 0.889 bits per heavy atom. The fourth-order valence-corrected chi connectivity index (χ4v) is 9.78. The molecule has 5 aromatic heterocycles. The molecule has 0 bridgehead atoms. The monoisotopic (exact) mass is 803 g/mol. The van der Waals surface area contributed by atoms with Crippen LogP contribution in [0.1, 0.15) is 0 Å². The molecule has 0 saturated heterocycles. The van der Waals surface area contributed by atoms with E-state index in [2.05, 4.69) is 220 Å². The standard InChI is InChI=1S/C58H37N5/c1-3-13-37(14-4-1)38-24-29-56-49(31-38)46-19-9-12-22-54(46)63(56)57-30-26-41(36-60-57)47-33-42(34-50-44-17-7-10-20-52(44)61-58(47)50)51-27-23-40(35-59-51)39-25-28-55-48(32-39)45-18-8-11-21-53(45)62(55)43-15-5-2-6-16-43/h1-36,61H. The molecule has 0 amide bonds. The van der Waals surface area contributed by atoms with E-state index in [-0.39, 0.29) is 0 Å². The van der Waals surface area contributed by atoms with Gasteiger partial charge < -0.3 is 9.55 Å². The summed E-state index contributed by atoms with van der Waals surface area (Å²) in [6.45, 7) is 0. The third kappa shape index (κ3) is 5.64. The summed E-state index contributed by atoms with van der Waals surface area (Å²) in [5.74, 6) is 0.876. The third-order valence-corrected chi connectivity index (χ3v) is 12.8. The Morgan fingerprint density at radius 1 is 0.333 bits per heavy atom. The van der Waals surface area contributed by atoms with E-state index in [9.17, 15) is 0 Å². The highest BCUT2D eigenvalue weighted by Crippen LogP contribution is 2.40. The molecule has 5 heteroatoms. The summed E-state index contributed by atoms with van der Waals surface area (Å²) in [6, 6.07) is 73.7. The first-order valence-electron chi connectivity index (χ1n) is 21.4. The van der Waals surface area contributed by atoms with Gasteiger partial charge in [-0.05, 0) is 102 Å². The summed E-state index contributed by atoms with van der Waals surface area (Å²) >= 11 is 0. The summed E-state index contributed by atoms with van der Waals surface area (Å²) in [5.41, 5.74) is 16.7. The zero-order valence-corrected chi connectivity index (χ0v) is 34.1. The van der Waals surface area contributed by atoms with E-state index >= 15 is 0 Å². The molecule has 5 heterocycles. The maximum atomic E-state index is 5.18. The van der Waals surface area contributed by atoms with E-state index in [0.717, 1.165) is 72.5 Å². The first-order chi connectivity index (χ1) is 31.2. The first-order valence-corrected chi connectivity index (χ1v) is 21.4. The number of nitrogens with zero attached hydrogens (tertiary/aromatic N) is 4. The Hall–Kier alpha value is -8.54. The van der Waals surface area contributed by atoms with Crippen LogP contribution in [-0.2, 0) is 0 Å². The lowest BCUT2D eigenvalue weighted by molar-refractivity contribution is 1.08. The van der Waals surface area contributed by atoms with Crippen molar-refractivity contribution in [3.63, 3.8) is 0 Å². The van der Waals surface area contributed by atoms with Gasteiger partial charge in [0, 0.05) is 78.2 Å². The molecule has 0 aliphatic carbocycles. The number of hydrogen-bond acceptors (Lipinski definition) is 2. The summed E-state index contributed by atoms with van der Waals surface area (Å²) in [5, 5.41) is 7.21. The van der Waals surface area contributed by atoms with Crippen LogP contribution in [0.15, 0.2) is 219 Å². The Labute approximate surface area is 362 Å². The average molecular weight is 804 g/mol. The van der Waals surface area contributed by atoms with Gasteiger partial charge in [-0.3, -0.25) is 9.55 Å². The highest BCUT2D eigenvalue weighted by Gasteiger charge is 2.18. The summed E-state index contributed by atoms with van der Waals surface area (Å²) in [7, 11) is 0. The maximum Gasteiger partial charge on any atom is 0.137 e. The Bertz CT molecular complexity index is 3880. The molecule has 0 fully saturated rings. The van der Waals surface area contributed by atoms with Crippen LogP contribution in [0.5, 0.6) is 0 Å². The number of benzene rings is 8. The van der Waals surface area contributed by atoms with Gasteiger partial charge in [-0.15, -0.1) is 0 Å². The van der Waals surface area contributed by atoms with Gasteiger partial charge in [0.1, 0.15) is 5.82 Å².